The van der Waals surface area contributed by atoms with Crippen molar-refractivity contribution in [1.29, 1.82) is 0 Å². The molecule has 0 aliphatic carbocycles. The van der Waals surface area contributed by atoms with Gasteiger partial charge in [0.05, 0.1) is 0 Å². The van der Waals surface area contributed by atoms with Gasteiger partial charge in [0.15, 0.2) is 0 Å². The fourth-order valence-electron chi connectivity index (χ4n) is 2.14. The molecule has 1 heterocycles. The Balaban J connectivity index is 1.84. The van der Waals surface area contributed by atoms with E-state index in [1.165, 1.54) is 17.7 Å². The number of nitrogens with one attached hydrogen (secondary N) is 1. The van der Waals surface area contributed by atoms with Crippen molar-refractivity contribution in [3.63, 3.8) is 0 Å². The molecular formula is C13H19FN2. The zero-order chi connectivity index (χ0) is 11.4. The average Bonchev–Trinajstić information content (AvgIpc) is 2.30. The highest BCUT2D eigenvalue weighted by Crippen LogP contribution is 2.07. The van der Waals surface area contributed by atoms with Gasteiger partial charge in [-0.2, -0.15) is 0 Å². The smallest absolute Gasteiger partial charge is 0.123 e. The zero-order valence-electron chi connectivity index (χ0n) is 9.75. The standard InChI is InChI=1S/C13H19FN2/c1-11-10-15-7-9-16(11)8-6-12-2-4-13(14)5-3-12/h2-5,11,15H,6-10H2,1H3/t11-/m1/s1. The van der Waals surface area contributed by atoms with Gasteiger partial charge in [0.25, 0.3) is 0 Å². The number of hydrogen-bond donors (Lipinski definition) is 1. The summed E-state index contributed by atoms with van der Waals surface area (Å²) in [5.41, 5.74) is 1.21. The maximum atomic E-state index is 12.7. The lowest BCUT2D eigenvalue weighted by atomic mass is 10.1. The first kappa shape index (κ1) is 11.6. The lowest BCUT2D eigenvalue weighted by Gasteiger charge is -2.33. The molecule has 0 aromatic heterocycles. The van der Waals surface area contributed by atoms with Crippen LogP contribution in [-0.2, 0) is 6.42 Å². The van der Waals surface area contributed by atoms with Crippen molar-refractivity contribution in [2.75, 3.05) is 26.2 Å². The van der Waals surface area contributed by atoms with E-state index in [2.05, 4.69) is 17.1 Å². The Kier molecular flexibility index (Phi) is 3.91. The summed E-state index contributed by atoms with van der Waals surface area (Å²) >= 11 is 0. The minimum absolute atomic E-state index is 0.153. The fraction of sp³-hybridized carbons (Fsp3) is 0.538. The number of hydrogen-bond acceptors (Lipinski definition) is 2. The van der Waals surface area contributed by atoms with Gasteiger partial charge in [-0.1, -0.05) is 12.1 Å². The largest absolute Gasteiger partial charge is 0.314 e. The Hall–Kier alpha value is -0.930. The summed E-state index contributed by atoms with van der Waals surface area (Å²) in [7, 11) is 0. The van der Waals surface area contributed by atoms with Gasteiger partial charge in [-0.25, -0.2) is 4.39 Å². The summed E-state index contributed by atoms with van der Waals surface area (Å²) in [5.74, 6) is -0.153. The molecule has 0 unspecified atom stereocenters. The van der Waals surface area contributed by atoms with Gasteiger partial charge in [-0.05, 0) is 31.0 Å². The molecule has 1 aromatic carbocycles. The van der Waals surface area contributed by atoms with Crippen molar-refractivity contribution < 1.29 is 4.39 Å². The van der Waals surface area contributed by atoms with E-state index in [0.717, 1.165) is 32.6 Å². The van der Waals surface area contributed by atoms with Crippen molar-refractivity contribution in [3.8, 4) is 0 Å². The van der Waals surface area contributed by atoms with Crippen molar-refractivity contribution in [2.45, 2.75) is 19.4 Å². The van der Waals surface area contributed by atoms with Crippen LogP contribution in [0, 0.1) is 5.82 Å². The summed E-state index contributed by atoms with van der Waals surface area (Å²) in [6, 6.07) is 7.44. The average molecular weight is 222 g/mol. The molecule has 1 saturated heterocycles. The molecule has 0 spiro atoms. The maximum absolute atomic E-state index is 12.7. The Labute approximate surface area is 96.5 Å². The molecule has 1 atom stereocenters. The number of halogens is 1. The molecule has 0 saturated carbocycles. The molecule has 0 radical (unpaired) electrons. The van der Waals surface area contributed by atoms with Gasteiger partial charge in [0.2, 0.25) is 0 Å². The van der Waals surface area contributed by atoms with E-state index in [-0.39, 0.29) is 5.82 Å². The highest BCUT2D eigenvalue weighted by Gasteiger charge is 2.16. The Morgan fingerprint density at radius 3 is 2.81 bits per heavy atom. The van der Waals surface area contributed by atoms with Gasteiger partial charge in [-0.15, -0.1) is 0 Å². The third-order valence-corrected chi connectivity index (χ3v) is 3.24. The monoisotopic (exact) mass is 222 g/mol. The first-order valence-electron chi connectivity index (χ1n) is 5.95. The molecule has 1 aliphatic rings. The van der Waals surface area contributed by atoms with Crippen molar-refractivity contribution in [2.24, 2.45) is 0 Å². The highest BCUT2D eigenvalue weighted by atomic mass is 19.1. The molecule has 16 heavy (non-hydrogen) atoms. The lowest BCUT2D eigenvalue weighted by molar-refractivity contribution is 0.176. The first-order valence-corrected chi connectivity index (χ1v) is 5.95. The van der Waals surface area contributed by atoms with Crippen molar-refractivity contribution in [3.05, 3.63) is 35.6 Å². The topological polar surface area (TPSA) is 15.3 Å². The first-order chi connectivity index (χ1) is 7.75. The predicted molar refractivity (Wildman–Crippen MR) is 64.0 cm³/mol. The van der Waals surface area contributed by atoms with Crippen LogP contribution in [0.5, 0.6) is 0 Å². The van der Waals surface area contributed by atoms with E-state index < -0.39 is 0 Å². The molecule has 0 amide bonds. The normalized spacial score (nSPS) is 22.2. The van der Waals surface area contributed by atoms with Crippen LogP contribution >= 0.6 is 0 Å². The fourth-order valence-corrected chi connectivity index (χ4v) is 2.14. The van der Waals surface area contributed by atoms with E-state index >= 15 is 0 Å². The lowest BCUT2D eigenvalue weighted by Crippen LogP contribution is -2.50. The van der Waals surface area contributed by atoms with Crippen LogP contribution in [0.2, 0.25) is 0 Å². The Bertz CT molecular complexity index is 323. The Morgan fingerprint density at radius 1 is 1.38 bits per heavy atom. The molecule has 88 valence electrons. The maximum Gasteiger partial charge on any atom is 0.123 e. The summed E-state index contributed by atoms with van der Waals surface area (Å²) < 4.78 is 12.7. The summed E-state index contributed by atoms with van der Waals surface area (Å²) in [6.07, 6.45) is 1.00. The SMILES string of the molecule is C[C@@H]1CNCCN1CCc1ccc(F)cc1. The molecule has 1 fully saturated rings. The quantitative estimate of drug-likeness (QED) is 0.836. The molecule has 0 bridgehead atoms. The van der Waals surface area contributed by atoms with Crippen LogP contribution < -0.4 is 5.32 Å². The molecule has 3 heteroatoms. The number of piperazine rings is 1. The minimum atomic E-state index is -0.153. The molecule has 1 aromatic rings. The van der Waals surface area contributed by atoms with Gasteiger partial charge in [0.1, 0.15) is 5.82 Å². The van der Waals surface area contributed by atoms with Gasteiger partial charge in [-0.3, -0.25) is 4.90 Å². The molecule has 1 N–H and O–H groups in total. The second kappa shape index (κ2) is 5.41. The molecule has 1 aliphatic heterocycles. The number of nitrogens with zero attached hydrogens (tertiary/aromatic N) is 1. The van der Waals surface area contributed by atoms with E-state index in [1.54, 1.807) is 0 Å². The van der Waals surface area contributed by atoms with Crippen molar-refractivity contribution in [1.82, 2.24) is 10.2 Å². The van der Waals surface area contributed by atoms with E-state index in [9.17, 15) is 4.39 Å². The van der Waals surface area contributed by atoms with E-state index in [1.807, 2.05) is 12.1 Å². The second-order valence-electron chi connectivity index (χ2n) is 4.47. The predicted octanol–water partition coefficient (Wildman–Crippen LogP) is 1.66. The van der Waals surface area contributed by atoms with Gasteiger partial charge in [0, 0.05) is 32.2 Å². The minimum Gasteiger partial charge on any atom is -0.314 e. The van der Waals surface area contributed by atoms with Crippen LogP contribution in [0.25, 0.3) is 0 Å². The molecule has 2 rings (SSSR count). The van der Waals surface area contributed by atoms with Crippen LogP contribution in [0.15, 0.2) is 24.3 Å². The number of rotatable bonds is 3. The van der Waals surface area contributed by atoms with Gasteiger partial charge >= 0.3 is 0 Å². The van der Waals surface area contributed by atoms with E-state index in [4.69, 9.17) is 0 Å². The molecule has 2 nitrogen and oxygen atoms in total. The van der Waals surface area contributed by atoms with Crippen molar-refractivity contribution >= 4 is 0 Å². The second-order valence-corrected chi connectivity index (χ2v) is 4.47. The van der Waals surface area contributed by atoms with Gasteiger partial charge < -0.3 is 5.32 Å². The summed E-state index contributed by atoms with van der Waals surface area (Å²) in [4.78, 5) is 2.49. The third kappa shape index (κ3) is 3.03. The highest BCUT2D eigenvalue weighted by molar-refractivity contribution is 5.16. The van der Waals surface area contributed by atoms with Crippen LogP contribution in [0.1, 0.15) is 12.5 Å². The van der Waals surface area contributed by atoms with Crippen LogP contribution in [0.4, 0.5) is 4.39 Å². The van der Waals surface area contributed by atoms with Crippen LogP contribution in [-0.4, -0.2) is 37.1 Å². The molecular weight excluding hydrogens is 203 g/mol. The third-order valence-electron chi connectivity index (χ3n) is 3.24. The summed E-state index contributed by atoms with van der Waals surface area (Å²) in [6.45, 7) is 6.57. The van der Waals surface area contributed by atoms with E-state index in [0.29, 0.717) is 6.04 Å². The number of benzene rings is 1. The van der Waals surface area contributed by atoms with Crippen LogP contribution in [0.3, 0.4) is 0 Å². The summed E-state index contributed by atoms with van der Waals surface area (Å²) in [5, 5.41) is 3.38. The Morgan fingerprint density at radius 2 is 2.12 bits per heavy atom. The zero-order valence-corrected chi connectivity index (χ0v) is 9.75.